The summed E-state index contributed by atoms with van der Waals surface area (Å²) in [5, 5.41) is 16.9. The van der Waals surface area contributed by atoms with Gasteiger partial charge in [-0.25, -0.2) is 13.1 Å². The first-order chi connectivity index (χ1) is 9.82. The number of hydrogen-bond donors (Lipinski definition) is 1. The predicted molar refractivity (Wildman–Crippen MR) is 75.1 cm³/mol. The number of likely N-dealkylation sites (N-methyl/N-ethyl adjacent to an activating group) is 1. The van der Waals surface area contributed by atoms with Crippen LogP contribution in [-0.2, 0) is 21.2 Å². The fourth-order valence-electron chi connectivity index (χ4n) is 2.47. The molecule has 0 saturated carbocycles. The molecule has 1 aliphatic rings. The minimum Gasteiger partial charge on any atom is -0.387 e. The molecule has 9 heteroatoms. The van der Waals surface area contributed by atoms with E-state index in [1.165, 1.54) is 10.9 Å². The monoisotopic (exact) mass is 316 g/mol. The maximum absolute atomic E-state index is 12.3. The highest BCUT2D eigenvalue weighted by Gasteiger charge is 2.33. The van der Waals surface area contributed by atoms with E-state index in [0.29, 0.717) is 18.7 Å². The standard InChI is InChI=1S/C12H20N4O4S/c1-3-16(10-4-5-21(19,20)8-10)12(18)7-15-6-11(9(2)17)13-14-15/h6,9-10,17H,3-5,7-8H2,1-2H3. The SMILES string of the molecule is CCN(C(=O)Cn1cc(C(C)O)nn1)C1CCS(=O)(=O)C1. The van der Waals surface area contributed by atoms with Gasteiger partial charge in [-0.05, 0) is 20.3 Å². The second-order valence-electron chi connectivity index (χ2n) is 5.25. The fourth-order valence-corrected chi connectivity index (χ4v) is 4.20. The highest BCUT2D eigenvalue weighted by atomic mass is 32.2. The first-order valence-electron chi connectivity index (χ1n) is 6.90. The van der Waals surface area contributed by atoms with Gasteiger partial charge < -0.3 is 10.0 Å². The smallest absolute Gasteiger partial charge is 0.244 e. The van der Waals surface area contributed by atoms with E-state index in [1.807, 2.05) is 6.92 Å². The summed E-state index contributed by atoms with van der Waals surface area (Å²) in [4.78, 5) is 13.9. The van der Waals surface area contributed by atoms with Crippen LogP contribution in [0.5, 0.6) is 0 Å². The number of carbonyl (C=O) groups excluding carboxylic acids is 1. The lowest BCUT2D eigenvalue weighted by atomic mass is 10.2. The zero-order valence-corrected chi connectivity index (χ0v) is 13.0. The quantitative estimate of drug-likeness (QED) is 0.775. The first-order valence-corrected chi connectivity index (χ1v) is 8.72. The average Bonchev–Trinajstić information content (AvgIpc) is 2.97. The Morgan fingerprint density at radius 1 is 1.62 bits per heavy atom. The molecule has 0 aromatic carbocycles. The van der Waals surface area contributed by atoms with Crippen molar-refractivity contribution in [1.29, 1.82) is 0 Å². The molecule has 0 aliphatic carbocycles. The fraction of sp³-hybridized carbons (Fsp3) is 0.750. The van der Waals surface area contributed by atoms with Gasteiger partial charge in [0.2, 0.25) is 5.91 Å². The summed E-state index contributed by atoms with van der Waals surface area (Å²) in [5.41, 5.74) is 0.397. The lowest BCUT2D eigenvalue weighted by Crippen LogP contribution is -2.42. The molecule has 1 aliphatic heterocycles. The van der Waals surface area contributed by atoms with Crippen LogP contribution in [0, 0.1) is 0 Å². The molecule has 1 aromatic rings. The molecule has 1 aromatic heterocycles. The third-order valence-corrected chi connectivity index (χ3v) is 5.34. The van der Waals surface area contributed by atoms with Crippen molar-refractivity contribution in [3.63, 3.8) is 0 Å². The molecule has 2 atom stereocenters. The van der Waals surface area contributed by atoms with Crippen LogP contribution in [0.25, 0.3) is 0 Å². The lowest BCUT2D eigenvalue weighted by molar-refractivity contribution is -0.133. The van der Waals surface area contributed by atoms with Gasteiger partial charge in [0.15, 0.2) is 9.84 Å². The second kappa shape index (κ2) is 6.10. The van der Waals surface area contributed by atoms with E-state index >= 15 is 0 Å². The predicted octanol–water partition coefficient (Wildman–Crippen LogP) is -0.633. The third-order valence-electron chi connectivity index (χ3n) is 3.59. The molecule has 8 nitrogen and oxygen atoms in total. The Kier molecular flexibility index (Phi) is 4.62. The van der Waals surface area contributed by atoms with Crippen molar-refractivity contribution in [3.8, 4) is 0 Å². The number of rotatable bonds is 5. The highest BCUT2D eigenvalue weighted by molar-refractivity contribution is 7.91. The Bertz CT molecular complexity index is 611. The normalized spacial score (nSPS) is 22.1. The van der Waals surface area contributed by atoms with Crippen LogP contribution in [0.15, 0.2) is 6.20 Å². The maximum Gasteiger partial charge on any atom is 0.244 e. The number of aliphatic hydroxyl groups is 1. The molecule has 0 spiro atoms. The largest absolute Gasteiger partial charge is 0.387 e. The minimum absolute atomic E-state index is 0.00981. The molecule has 1 N–H and O–H groups in total. The molecule has 21 heavy (non-hydrogen) atoms. The van der Waals surface area contributed by atoms with Gasteiger partial charge in [-0.3, -0.25) is 4.79 Å². The van der Waals surface area contributed by atoms with Gasteiger partial charge in [0, 0.05) is 12.6 Å². The summed E-state index contributed by atoms with van der Waals surface area (Å²) in [6, 6.07) is -0.257. The third kappa shape index (κ3) is 3.79. The van der Waals surface area contributed by atoms with Crippen molar-refractivity contribution in [3.05, 3.63) is 11.9 Å². The summed E-state index contributed by atoms with van der Waals surface area (Å²) < 4.78 is 24.4. The topological polar surface area (TPSA) is 105 Å². The van der Waals surface area contributed by atoms with E-state index in [0.717, 1.165) is 0 Å². The molecule has 2 rings (SSSR count). The molecule has 1 saturated heterocycles. The van der Waals surface area contributed by atoms with Crippen LogP contribution >= 0.6 is 0 Å². The molecule has 0 bridgehead atoms. The van der Waals surface area contributed by atoms with E-state index in [-0.39, 0.29) is 30.0 Å². The number of amides is 1. The van der Waals surface area contributed by atoms with Crippen LogP contribution in [0.1, 0.15) is 32.1 Å². The summed E-state index contributed by atoms with van der Waals surface area (Å²) in [5.74, 6) is -0.0264. The van der Waals surface area contributed by atoms with Gasteiger partial charge in [-0.2, -0.15) is 0 Å². The van der Waals surface area contributed by atoms with E-state index in [4.69, 9.17) is 0 Å². The second-order valence-corrected chi connectivity index (χ2v) is 7.48. The summed E-state index contributed by atoms with van der Waals surface area (Å²) in [6.45, 7) is 3.84. The van der Waals surface area contributed by atoms with Gasteiger partial charge in [0.25, 0.3) is 0 Å². The van der Waals surface area contributed by atoms with Crippen molar-refractivity contribution >= 4 is 15.7 Å². The molecule has 0 radical (unpaired) electrons. The van der Waals surface area contributed by atoms with Crippen molar-refractivity contribution in [2.45, 2.75) is 39.0 Å². The van der Waals surface area contributed by atoms with E-state index in [9.17, 15) is 18.3 Å². The van der Waals surface area contributed by atoms with Gasteiger partial charge in [-0.15, -0.1) is 5.10 Å². The average molecular weight is 316 g/mol. The van der Waals surface area contributed by atoms with E-state index < -0.39 is 15.9 Å². The molecular weight excluding hydrogens is 296 g/mol. The Morgan fingerprint density at radius 3 is 2.81 bits per heavy atom. The number of sulfone groups is 1. The van der Waals surface area contributed by atoms with Crippen molar-refractivity contribution in [2.24, 2.45) is 0 Å². The van der Waals surface area contributed by atoms with Crippen LogP contribution in [-0.4, -0.2) is 63.4 Å². The Labute approximate surface area is 123 Å². The molecule has 118 valence electrons. The molecule has 1 fully saturated rings. The van der Waals surface area contributed by atoms with Gasteiger partial charge in [-0.1, -0.05) is 5.21 Å². The molecule has 2 unspecified atom stereocenters. The maximum atomic E-state index is 12.3. The zero-order chi connectivity index (χ0) is 15.6. The minimum atomic E-state index is -3.03. The van der Waals surface area contributed by atoms with Crippen LogP contribution < -0.4 is 0 Å². The number of nitrogens with zero attached hydrogens (tertiary/aromatic N) is 4. The molecule has 2 heterocycles. The van der Waals surface area contributed by atoms with Crippen LogP contribution in [0.2, 0.25) is 0 Å². The number of carbonyl (C=O) groups is 1. The molecule has 1 amide bonds. The summed E-state index contributed by atoms with van der Waals surface area (Å²) in [7, 11) is -3.03. The van der Waals surface area contributed by atoms with E-state index in [2.05, 4.69) is 10.3 Å². The zero-order valence-electron chi connectivity index (χ0n) is 12.1. The lowest BCUT2D eigenvalue weighted by Gasteiger charge is -2.26. The van der Waals surface area contributed by atoms with E-state index in [1.54, 1.807) is 11.8 Å². The van der Waals surface area contributed by atoms with Gasteiger partial charge in [0.1, 0.15) is 12.2 Å². The van der Waals surface area contributed by atoms with Crippen molar-refractivity contribution < 1.29 is 18.3 Å². The Morgan fingerprint density at radius 2 is 2.33 bits per heavy atom. The van der Waals surface area contributed by atoms with Crippen molar-refractivity contribution in [2.75, 3.05) is 18.1 Å². The number of aromatic nitrogens is 3. The number of hydrogen-bond acceptors (Lipinski definition) is 6. The number of aliphatic hydroxyl groups excluding tert-OH is 1. The Balaban J connectivity index is 2.03. The van der Waals surface area contributed by atoms with Gasteiger partial charge >= 0.3 is 0 Å². The summed E-state index contributed by atoms with van der Waals surface area (Å²) >= 11 is 0. The highest BCUT2D eigenvalue weighted by Crippen LogP contribution is 2.18. The summed E-state index contributed by atoms with van der Waals surface area (Å²) in [6.07, 6.45) is 1.26. The Hall–Kier alpha value is -1.48. The molecular formula is C12H20N4O4S. The van der Waals surface area contributed by atoms with Gasteiger partial charge in [0.05, 0.1) is 23.8 Å². The van der Waals surface area contributed by atoms with Crippen LogP contribution in [0.3, 0.4) is 0 Å². The van der Waals surface area contributed by atoms with Crippen molar-refractivity contribution in [1.82, 2.24) is 19.9 Å². The van der Waals surface area contributed by atoms with Crippen LogP contribution in [0.4, 0.5) is 0 Å². The first kappa shape index (κ1) is 15.9.